The van der Waals surface area contributed by atoms with E-state index in [9.17, 15) is 29.4 Å². The molecule has 19 rings (SSSR count). The third kappa shape index (κ3) is 10.8. The lowest BCUT2D eigenvalue weighted by Gasteiger charge is -2.04. The lowest BCUT2D eigenvalue weighted by molar-refractivity contribution is 0.0684. The molecule has 0 amide bonds. The highest BCUT2D eigenvalue weighted by Gasteiger charge is 2.32. The second-order valence-electron chi connectivity index (χ2n) is 23.9. The van der Waals surface area contributed by atoms with E-state index in [4.69, 9.17) is 10.2 Å². The zero-order valence-corrected chi connectivity index (χ0v) is 51.4. The third-order valence-corrected chi connectivity index (χ3v) is 18.7. The van der Waals surface area contributed by atoms with Crippen LogP contribution in [-0.4, -0.2) is 43.9 Å². The molecule has 8 heteroatoms. The Labute approximate surface area is 544 Å². The fourth-order valence-corrected chi connectivity index (χ4v) is 14.3. The Hall–Kier alpha value is -11.7. The average Bonchev–Trinajstić information content (AvgIpc) is 1.62. The summed E-state index contributed by atoms with van der Waals surface area (Å²) in [4.78, 5) is 46.5. The van der Waals surface area contributed by atoms with E-state index in [1.165, 1.54) is 100 Å². The molecule has 13 aromatic rings. The number of fused-ring (bicyclic) bond motifs is 18. The van der Waals surface area contributed by atoms with E-state index in [1.54, 1.807) is 36.4 Å². The number of hydrogen-bond acceptors (Lipinski definition) is 6. The summed E-state index contributed by atoms with van der Waals surface area (Å²) in [6.45, 7) is 2.24. The van der Waals surface area contributed by atoms with Crippen molar-refractivity contribution < 1.29 is 39.6 Å². The van der Waals surface area contributed by atoms with Crippen LogP contribution in [-0.2, 0) is 32.5 Å². The lowest BCUT2D eigenvalue weighted by Crippen LogP contribution is -2.06. The Kier molecular flexibility index (Phi) is 16.3. The molecule has 0 atom stereocenters. The number of aliphatic hydroxyl groups excluding tert-OH is 2. The van der Waals surface area contributed by atoms with Gasteiger partial charge < -0.3 is 20.4 Å². The maximum absolute atomic E-state index is 12.2. The number of aromatic carboxylic acids is 2. The standard InChI is InChI=1S/C16H10.C14H8O3.2C14H10O2.C14H12O.C14H12/c1-2-8-13-12(7-1)14-9-3-5-11-6-4-10-15(13)16(11)14;15-13-10-5-2-1-4-8(10)9-6-3-7-11(12(9)13)14(16)17;15-8-9-4-3-7-11-10-5-1-2-6-12(10)14(16)13(9)11;15-14(16)12-7-3-6-11-10-5-2-1-4-9(10)8-13(11)12;15-9-11-5-3-7-13-12-6-2-1-4-10(12)8-14(11)13;1-10-5-4-8-13-12-7-3-2-6-11(12)9-14(10)13/h1-10H;1-7H,(H,16,17);1-7,15H,8H2;1-7H,8H2,(H,15,16);1-7,15H,8-9H2;2-8H,9H2,1H3. The van der Waals surface area contributed by atoms with Crippen molar-refractivity contribution in [1.82, 2.24) is 0 Å². The van der Waals surface area contributed by atoms with Gasteiger partial charge in [-0.2, -0.15) is 0 Å². The normalized spacial score (nSPS) is 12.2. The molecule has 0 aliphatic heterocycles. The van der Waals surface area contributed by atoms with Crippen LogP contribution in [0.1, 0.15) is 103 Å². The second-order valence-corrected chi connectivity index (χ2v) is 23.9. The molecule has 0 spiro atoms. The Morgan fingerprint density at radius 1 is 0.298 bits per heavy atom. The molecule has 0 bridgehead atoms. The van der Waals surface area contributed by atoms with E-state index in [1.807, 2.05) is 91.0 Å². The van der Waals surface area contributed by atoms with Crippen molar-refractivity contribution in [3.63, 3.8) is 0 Å². The van der Waals surface area contributed by atoms with Crippen molar-refractivity contribution in [2.45, 2.75) is 39.4 Å². The van der Waals surface area contributed by atoms with Crippen LogP contribution in [0, 0.1) is 6.92 Å². The Morgan fingerprint density at radius 3 is 1.13 bits per heavy atom. The van der Waals surface area contributed by atoms with Gasteiger partial charge in [0.15, 0.2) is 11.6 Å². The summed E-state index contributed by atoms with van der Waals surface area (Å²) in [5, 5.41) is 39.5. The number of rotatable bonds is 4. The molecule has 13 aromatic carbocycles. The van der Waals surface area contributed by atoms with Gasteiger partial charge in [0.25, 0.3) is 0 Å². The number of benzene rings is 13. The van der Waals surface area contributed by atoms with Crippen LogP contribution >= 0.6 is 0 Å². The van der Waals surface area contributed by atoms with Crippen LogP contribution in [0.25, 0.3) is 88.7 Å². The Balaban J connectivity index is 0.0000000975. The fraction of sp³-hybridized carbons (Fsp3) is 0.0698. The molecule has 4 N–H and O–H groups in total. The van der Waals surface area contributed by atoms with E-state index in [0.29, 0.717) is 33.4 Å². The predicted molar refractivity (Wildman–Crippen MR) is 374 cm³/mol. The molecule has 0 fully saturated rings. The molecule has 454 valence electrons. The Bertz CT molecular complexity index is 5170. The minimum atomic E-state index is -1.07. The van der Waals surface area contributed by atoms with Gasteiger partial charge in [0.1, 0.15) is 0 Å². The minimum absolute atomic E-state index is 0.0234. The van der Waals surface area contributed by atoms with Crippen molar-refractivity contribution in [3.8, 4) is 77.9 Å². The summed E-state index contributed by atoms with van der Waals surface area (Å²) in [6, 6.07) is 90.5. The summed E-state index contributed by atoms with van der Waals surface area (Å²) in [5.41, 5.74) is 30.4. The lowest BCUT2D eigenvalue weighted by atomic mass is 10.0. The highest BCUT2D eigenvalue weighted by molar-refractivity contribution is 6.25. The maximum atomic E-state index is 12.2. The van der Waals surface area contributed by atoms with E-state index in [0.717, 1.165) is 58.2 Å². The zero-order chi connectivity index (χ0) is 64.6. The molecule has 94 heavy (non-hydrogen) atoms. The molecule has 8 nitrogen and oxygen atoms in total. The number of ketones is 2. The molecular formula is C86H62O8. The van der Waals surface area contributed by atoms with Gasteiger partial charge in [0.2, 0.25) is 0 Å². The average molecular weight is 1220 g/mol. The number of carbonyl (C=O) groups excluding carboxylic acids is 2. The molecule has 0 heterocycles. The molecule has 0 radical (unpaired) electrons. The number of carbonyl (C=O) groups is 4. The van der Waals surface area contributed by atoms with Gasteiger partial charge >= 0.3 is 11.9 Å². The van der Waals surface area contributed by atoms with E-state index in [2.05, 4.69) is 146 Å². The van der Waals surface area contributed by atoms with Crippen molar-refractivity contribution in [2.24, 2.45) is 0 Å². The summed E-state index contributed by atoms with van der Waals surface area (Å²) >= 11 is 0. The number of carboxylic acids is 2. The highest BCUT2D eigenvalue weighted by atomic mass is 16.4. The van der Waals surface area contributed by atoms with Crippen LogP contribution in [0.4, 0.5) is 0 Å². The van der Waals surface area contributed by atoms with Crippen LogP contribution in [0.3, 0.4) is 0 Å². The van der Waals surface area contributed by atoms with E-state index < -0.39 is 11.9 Å². The van der Waals surface area contributed by atoms with E-state index >= 15 is 0 Å². The monoisotopic (exact) mass is 1220 g/mol. The smallest absolute Gasteiger partial charge is 0.336 e. The number of carboxylic acid groups (broad SMARTS) is 2. The van der Waals surface area contributed by atoms with Crippen molar-refractivity contribution in [2.75, 3.05) is 0 Å². The van der Waals surface area contributed by atoms with Crippen LogP contribution in [0.15, 0.2) is 273 Å². The molecule has 6 aliphatic carbocycles. The molecular weight excluding hydrogens is 1160 g/mol. The number of aliphatic hydroxyl groups is 2. The van der Waals surface area contributed by atoms with Gasteiger partial charge in [-0.1, -0.05) is 261 Å². The second kappa shape index (κ2) is 25.5. The third-order valence-electron chi connectivity index (χ3n) is 18.7. The van der Waals surface area contributed by atoms with Gasteiger partial charge in [0.05, 0.1) is 24.3 Å². The first-order chi connectivity index (χ1) is 46.0. The summed E-state index contributed by atoms with van der Waals surface area (Å²) < 4.78 is 0. The first-order valence-corrected chi connectivity index (χ1v) is 31.4. The van der Waals surface area contributed by atoms with Crippen molar-refractivity contribution in [3.05, 3.63) is 356 Å². The molecule has 0 saturated heterocycles. The Morgan fingerprint density at radius 2 is 0.628 bits per heavy atom. The topological polar surface area (TPSA) is 149 Å². The van der Waals surface area contributed by atoms with Crippen LogP contribution in [0.2, 0.25) is 0 Å². The van der Waals surface area contributed by atoms with Gasteiger partial charge in [0, 0.05) is 22.3 Å². The number of hydrogen-bond donors (Lipinski definition) is 4. The highest BCUT2D eigenvalue weighted by Crippen LogP contribution is 2.47. The van der Waals surface area contributed by atoms with Crippen molar-refractivity contribution in [1.29, 1.82) is 0 Å². The predicted octanol–water partition coefficient (Wildman–Crippen LogP) is 18.7. The summed E-state index contributed by atoms with van der Waals surface area (Å²) in [6.07, 6.45) is 2.80. The van der Waals surface area contributed by atoms with Gasteiger partial charge in [-0.25, -0.2) is 9.59 Å². The molecule has 0 unspecified atom stereocenters. The molecule has 0 aromatic heterocycles. The van der Waals surface area contributed by atoms with E-state index in [-0.39, 0.29) is 30.3 Å². The molecule has 0 saturated carbocycles. The van der Waals surface area contributed by atoms with Gasteiger partial charge in [-0.15, -0.1) is 0 Å². The van der Waals surface area contributed by atoms with Crippen LogP contribution < -0.4 is 0 Å². The first kappa shape index (κ1) is 59.9. The quantitative estimate of drug-likeness (QED) is 0.136. The molecule has 6 aliphatic rings. The van der Waals surface area contributed by atoms with Gasteiger partial charge in [-0.3, -0.25) is 9.59 Å². The SMILES string of the molecule is Cc1cccc2c1Cc1ccccc1-2.O=C(O)c1cccc2c1C(=O)c1ccccc1-2.O=C(O)c1cccc2c1Cc1ccccc1-2.O=C1c2ccccc2-c2cccc(CO)c21.OCc1cccc2c1Cc1ccccc1-2.c1ccc2c(c1)-c1cccc3cccc-2c13. The van der Waals surface area contributed by atoms with Crippen molar-refractivity contribution >= 4 is 34.3 Å². The van der Waals surface area contributed by atoms with Crippen LogP contribution in [0.5, 0.6) is 0 Å². The first-order valence-electron chi connectivity index (χ1n) is 31.4. The zero-order valence-electron chi connectivity index (χ0n) is 51.4. The van der Waals surface area contributed by atoms with Gasteiger partial charge in [-0.05, 0) is 177 Å². The summed E-state index contributed by atoms with van der Waals surface area (Å²) in [7, 11) is 0. The minimum Gasteiger partial charge on any atom is -0.478 e. The largest absolute Gasteiger partial charge is 0.478 e. The number of aryl methyl sites for hydroxylation is 1. The maximum Gasteiger partial charge on any atom is 0.336 e. The summed E-state index contributed by atoms with van der Waals surface area (Å²) in [5.74, 6) is -2.09. The fourth-order valence-electron chi connectivity index (χ4n) is 14.3.